The van der Waals surface area contributed by atoms with Crippen molar-refractivity contribution < 1.29 is 38.0 Å². The van der Waals surface area contributed by atoms with E-state index in [1.54, 1.807) is 4.90 Å². The van der Waals surface area contributed by atoms with Gasteiger partial charge in [0.1, 0.15) is 23.7 Å². The SMILES string of the molecule is CCC[C@H](NC(=O)[C@@H]1[C@H]2CCCC2CN1C(=O)[C@@H](NC(=O)[C@@H](NC(=O)c1cc(OC(C)(C)C)no1)C1CCCCC1)C(C)(C)C)C(=O)C(=O)NC1CC1. The molecule has 1 aromatic rings. The van der Waals surface area contributed by atoms with E-state index in [1.165, 1.54) is 6.07 Å². The van der Waals surface area contributed by atoms with Crippen LogP contribution in [0, 0.1) is 23.2 Å². The highest BCUT2D eigenvalue weighted by Gasteiger charge is 2.52. The van der Waals surface area contributed by atoms with E-state index in [1.807, 2.05) is 48.5 Å². The monoisotopic (exact) mass is 740 g/mol. The van der Waals surface area contributed by atoms with E-state index in [4.69, 9.17) is 9.26 Å². The predicted molar refractivity (Wildman–Crippen MR) is 195 cm³/mol. The van der Waals surface area contributed by atoms with Crippen molar-refractivity contribution >= 4 is 35.3 Å². The maximum Gasteiger partial charge on any atom is 0.290 e. The Balaban J connectivity index is 1.35. The molecule has 294 valence electrons. The molecule has 1 saturated heterocycles. The molecule has 5 rings (SSSR count). The second-order valence-corrected chi connectivity index (χ2v) is 17.7. The lowest BCUT2D eigenvalue weighted by Gasteiger charge is -2.38. The summed E-state index contributed by atoms with van der Waals surface area (Å²) in [5, 5.41) is 15.3. The average Bonchev–Trinajstić information content (AvgIpc) is 3.42. The summed E-state index contributed by atoms with van der Waals surface area (Å²) in [5.41, 5.74) is -1.32. The van der Waals surface area contributed by atoms with Crippen molar-refractivity contribution in [1.82, 2.24) is 31.3 Å². The molecule has 4 N–H and O–H groups in total. The third-order valence-electron chi connectivity index (χ3n) is 11.0. The van der Waals surface area contributed by atoms with Crippen molar-refractivity contribution in [3.05, 3.63) is 11.8 Å². The van der Waals surface area contributed by atoms with E-state index < -0.39 is 70.5 Å². The highest BCUT2D eigenvalue weighted by Crippen LogP contribution is 2.43. The number of hydrogen-bond donors (Lipinski definition) is 4. The summed E-state index contributed by atoms with van der Waals surface area (Å²) in [7, 11) is 0. The fourth-order valence-electron chi connectivity index (χ4n) is 8.18. The fourth-order valence-corrected chi connectivity index (χ4v) is 8.18. The van der Waals surface area contributed by atoms with Gasteiger partial charge in [-0.1, -0.05) is 59.8 Å². The summed E-state index contributed by atoms with van der Waals surface area (Å²) >= 11 is 0. The summed E-state index contributed by atoms with van der Waals surface area (Å²) in [5.74, 6) is -3.41. The molecule has 14 nitrogen and oxygen atoms in total. The van der Waals surface area contributed by atoms with Crippen LogP contribution in [-0.2, 0) is 24.0 Å². The zero-order valence-electron chi connectivity index (χ0n) is 32.5. The molecule has 14 heteroatoms. The smallest absolute Gasteiger partial charge is 0.290 e. The number of rotatable bonds is 14. The summed E-state index contributed by atoms with van der Waals surface area (Å²) in [6.07, 6.45) is 9.42. The van der Waals surface area contributed by atoms with Crippen LogP contribution >= 0.6 is 0 Å². The van der Waals surface area contributed by atoms with E-state index in [-0.39, 0.29) is 35.4 Å². The van der Waals surface area contributed by atoms with Crippen molar-refractivity contribution in [3.63, 3.8) is 0 Å². The van der Waals surface area contributed by atoms with Crippen molar-refractivity contribution in [2.75, 3.05) is 6.54 Å². The Morgan fingerprint density at radius 3 is 2.23 bits per heavy atom. The summed E-state index contributed by atoms with van der Waals surface area (Å²) in [4.78, 5) is 84.0. The zero-order valence-corrected chi connectivity index (χ0v) is 32.5. The zero-order chi connectivity index (χ0) is 38.7. The van der Waals surface area contributed by atoms with Crippen LogP contribution in [0.15, 0.2) is 10.6 Å². The number of carbonyl (C=O) groups is 6. The van der Waals surface area contributed by atoms with Gasteiger partial charge in [0.15, 0.2) is 0 Å². The maximum atomic E-state index is 14.7. The fraction of sp³-hybridized carbons (Fsp3) is 0.769. The molecule has 0 radical (unpaired) electrons. The Morgan fingerprint density at radius 2 is 1.60 bits per heavy atom. The number of likely N-dealkylation sites (tertiary alicyclic amines) is 1. The number of nitrogens with one attached hydrogen (secondary N) is 4. The van der Waals surface area contributed by atoms with Gasteiger partial charge in [0.25, 0.3) is 17.7 Å². The third kappa shape index (κ3) is 10.2. The van der Waals surface area contributed by atoms with Gasteiger partial charge in [-0.05, 0) is 94.0 Å². The standard InChI is InChI=1S/C39H60N6O8/c1-8-13-26(31(46)36(50)40-24-18-19-24)41-35(49)30-25-17-12-16-23(25)21-45(30)37(51)32(38(2,3)4)43-34(48)29(22-14-10-9-11-15-22)42-33(47)27-20-28(44-53-27)52-39(5,6)7/h20,22-26,29-30,32H,8-19,21H2,1-7H3,(H,40,50)(H,41,49)(H,42,47)(H,43,48)/t23?,25-,26-,29-,30-,32+/m0/s1. The minimum absolute atomic E-state index is 0.00484. The van der Waals surface area contributed by atoms with E-state index in [0.29, 0.717) is 19.4 Å². The van der Waals surface area contributed by atoms with Crippen LogP contribution in [0.2, 0.25) is 0 Å². The highest BCUT2D eigenvalue weighted by molar-refractivity contribution is 6.38. The van der Waals surface area contributed by atoms with Crippen LogP contribution in [0.25, 0.3) is 0 Å². The lowest BCUT2D eigenvalue weighted by atomic mass is 9.82. The molecule has 3 saturated carbocycles. The molecule has 1 aromatic heterocycles. The molecular weight excluding hydrogens is 680 g/mol. The normalized spacial score (nSPS) is 23.7. The summed E-state index contributed by atoms with van der Waals surface area (Å²) in [6, 6.07) is -2.42. The maximum absolute atomic E-state index is 14.7. The van der Waals surface area contributed by atoms with Crippen molar-refractivity contribution in [1.29, 1.82) is 0 Å². The van der Waals surface area contributed by atoms with Gasteiger partial charge in [-0.15, -0.1) is 0 Å². The van der Waals surface area contributed by atoms with E-state index in [0.717, 1.165) is 64.2 Å². The van der Waals surface area contributed by atoms with E-state index in [2.05, 4.69) is 26.4 Å². The van der Waals surface area contributed by atoms with Crippen molar-refractivity contribution in [3.8, 4) is 5.88 Å². The topological polar surface area (TPSA) is 189 Å². The van der Waals surface area contributed by atoms with Gasteiger partial charge >= 0.3 is 0 Å². The van der Waals surface area contributed by atoms with Crippen LogP contribution in [0.5, 0.6) is 5.88 Å². The third-order valence-corrected chi connectivity index (χ3v) is 11.0. The lowest BCUT2D eigenvalue weighted by molar-refractivity contribution is -0.146. The number of Topliss-reactive ketones (excluding diaryl/α,β-unsaturated/α-hetero) is 1. The molecule has 4 fully saturated rings. The van der Waals surface area contributed by atoms with Crippen LogP contribution in [-0.4, -0.2) is 87.7 Å². The Kier molecular flexibility index (Phi) is 12.6. The number of hydrogen-bond acceptors (Lipinski definition) is 9. The highest BCUT2D eigenvalue weighted by atomic mass is 16.6. The van der Waals surface area contributed by atoms with E-state index >= 15 is 0 Å². The molecule has 2 heterocycles. The largest absolute Gasteiger partial charge is 0.470 e. The van der Waals surface area contributed by atoms with Crippen LogP contribution in [0.3, 0.4) is 0 Å². The van der Waals surface area contributed by atoms with E-state index in [9.17, 15) is 28.8 Å². The van der Waals surface area contributed by atoms with Crippen LogP contribution < -0.4 is 26.0 Å². The number of ether oxygens (including phenoxy) is 1. The van der Waals surface area contributed by atoms with Gasteiger partial charge in [0.2, 0.25) is 29.3 Å². The summed E-state index contributed by atoms with van der Waals surface area (Å²) < 4.78 is 11.0. The first-order chi connectivity index (χ1) is 25.0. The predicted octanol–water partition coefficient (Wildman–Crippen LogP) is 3.82. The van der Waals surface area contributed by atoms with Gasteiger partial charge in [-0.3, -0.25) is 28.8 Å². The Labute approximate surface area is 313 Å². The summed E-state index contributed by atoms with van der Waals surface area (Å²) in [6.45, 7) is 13.4. The van der Waals surface area contributed by atoms with Gasteiger partial charge in [-0.25, -0.2) is 0 Å². The molecule has 3 aliphatic carbocycles. The molecule has 0 spiro atoms. The van der Waals surface area contributed by atoms with Crippen molar-refractivity contribution in [2.24, 2.45) is 23.2 Å². The Hall–Kier alpha value is -3.97. The molecular formula is C39H60N6O8. The molecule has 1 aliphatic heterocycles. The molecule has 5 amide bonds. The second-order valence-electron chi connectivity index (χ2n) is 17.7. The van der Waals surface area contributed by atoms with Gasteiger partial charge in [0, 0.05) is 12.6 Å². The van der Waals surface area contributed by atoms with Gasteiger partial charge in [0.05, 0.1) is 12.1 Å². The minimum atomic E-state index is -1.03. The number of nitrogens with zero attached hydrogens (tertiary/aromatic N) is 2. The average molecular weight is 741 g/mol. The van der Waals surface area contributed by atoms with Crippen LogP contribution in [0.4, 0.5) is 0 Å². The van der Waals surface area contributed by atoms with Gasteiger partial charge < -0.3 is 35.4 Å². The quantitative estimate of drug-likeness (QED) is 0.206. The van der Waals surface area contributed by atoms with Crippen molar-refractivity contribution in [2.45, 2.75) is 161 Å². The number of fused-ring (bicyclic) bond motifs is 1. The van der Waals surface area contributed by atoms with Crippen LogP contribution in [0.1, 0.15) is 136 Å². The molecule has 6 atom stereocenters. The first kappa shape index (κ1) is 40.2. The second kappa shape index (κ2) is 16.6. The molecule has 1 unspecified atom stereocenters. The lowest BCUT2D eigenvalue weighted by Crippen LogP contribution is -2.62. The Morgan fingerprint density at radius 1 is 0.906 bits per heavy atom. The molecule has 0 bridgehead atoms. The first-order valence-electron chi connectivity index (χ1n) is 19.7. The molecule has 53 heavy (non-hydrogen) atoms. The molecule has 0 aromatic carbocycles. The number of ketones is 1. The number of carbonyl (C=O) groups excluding carboxylic acids is 6. The number of aromatic nitrogens is 1. The number of amides is 5. The Bertz CT molecular complexity index is 1520. The molecule has 4 aliphatic rings. The van der Waals surface area contributed by atoms with Gasteiger partial charge in [-0.2, -0.15) is 0 Å². The first-order valence-corrected chi connectivity index (χ1v) is 19.7. The minimum Gasteiger partial charge on any atom is -0.470 e.